The summed E-state index contributed by atoms with van der Waals surface area (Å²) in [6, 6.07) is 9.68. The molecule has 0 atom stereocenters. The molecule has 120 valence electrons. The fourth-order valence-corrected chi connectivity index (χ4v) is 2.62. The summed E-state index contributed by atoms with van der Waals surface area (Å²) < 4.78 is 5.35. The lowest BCUT2D eigenvalue weighted by Crippen LogP contribution is -2.00. The number of rotatable bonds is 5. The lowest BCUT2D eigenvalue weighted by atomic mass is 10.0. The number of benzene rings is 2. The Labute approximate surface area is 142 Å². The molecule has 0 N–H and O–H groups in total. The van der Waals surface area contributed by atoms with E-state index in [0.717, 1.165) is 27.3 Å². The number of carbonyl (C=O) groups is 1. The van der Waals surface area contributed by atoms with Crippen LogP contribution in [0.25, 0.3) is 12.2 Å². The largest absolute Gasteiger partial charge is 0.496 e. The van der Waals surface area contributed by atoms with E-state index in [9.17, 15) is 4.79 Å². The first kappa shape index (κ1) is 17.3. The zero-order chi connectivity index (χ0) is 17.0. The molecule has 0 saturated heterocycles. The van der Waals surface area contributed by atoms with Gasteiger partial charge in [-0.05, 0) is 54.3 Å². The molecular weight excluding hydrogens is 308 g/mol. The number of carbonyl (C=O) groups excluding carboxylic acids is 1. The Kier molecular flexibility index (Phi) is 5.62. The third-order valence-electron chi connectivity index (χ3n) is 3.85. The summed E-state index contributed by atoms with van der Waals surface area (Å²) in [4.78, 5) is 11.9. The maximum atomic E-state index is 11.9. The molecular formula is C20H21ClO2. The standard InChI is InChI=1S/C20H21ClO2/c1-5-19(22)17-9-7-15(12-20(17)23-4)6-8-16-10-14(3)18(21)11-13(16)2/h6-12H,5H2,1-4H3/b8-6+. The van der Waals surface area contributed by atoms with E-state index in [4.69, 9.17) is 16.3 Å². The van der Waals surface area contributed by atoms with Crippen LogP contribution in [-0.4, -0.2) is 12.9 Å². The highest BCUT2D eigenvalue weighted by molar-refractivity contribution is 6.31. The van der Waals surface area contributed by atoms with Gasteiger partial charge in [0.2, 0.25) is 0 Å². The van der Waals surface area contributed by atoms with Crippen molar-refractivity contribution in [2.75, 3.05) is 7.11 Å². The van der Waals surface area contributed by atoms with Gasteiger partial charge >= 0.3 is 0 Å². The normalized spacial score (nSPS) is 11.0. The first-order valence-electron chi connectivity index (χ1n) is 7.62. The molecule has 2 nitrogen and oxygen atoms in total. The Morgan fingerprint density at radius 3 is 2.52 bits per heavy atom. The number of ketones is 1. The Morgan fingerprint density at radius 1 is 1.13 bits per heavy atom. The van der Waals surface area contributed by atoms with Crippen LogP contribution in [0.4, 0.5) is 0 Å². The SMILES string of the molecule is CCC(=O)c1ccc(/C=C/c2cc(C)c(Cl)cc2C)cc1OC. The zero-order valence-corrected chi connectivity index (χ0v) is 14.7. The smallest absolute Gasteiger partial charge is 0.166 e. The molecule has 2 aromatic carbocycles. The highest BCUT2D eigenvalue weighted by Crippen LogP contribution is 2.25. The first-order chi connectivity index (χ1) is 11.0. The molecule has 0 aliphatic carbocycles. The van der Waals surface area contributed by atoms with Crippen molar-refractivity contribution < 1.29 is 9.53 Å². The topological polar surface area (TPSA) is 26.3 Å². The highest BCUT2D eigenvalue weighted by Gasteiger charge is 2.10. The minimum absolute atomic E-state index is 0.0848. The van der Waals surface area contributed by atoms with Gasteiger partial charge in [-0.25, -0.2) is 0 Å². The Balaban J connectivity index is 2.33. The van der Waals surface area contributed by atoms with Crippen LogP contribution in [0.1, 0.15) is 46.0 Å². The molecule has 0 aliphatic rings. The van der Waals surface area contributed by atoms with Gasteiger partial charge in [0.05, 0.1) is 12.7 Å². The van der Waals surface area contributed by atoms with Gasteiger partial charge in [0.15, 0.2) is 5.78 Å². The number of aryl methyl sites for hydroxylation is 2. The van der Waals surface area contributed by atoms with Crippen LogP contribution >= 0.6 is 11.6 Å². The average molecular weight is 329 g/mol. The Bertz CT molecular complexity index is 760. The van der Waals surface area contributed by atoms with Crippen molar-refractivity contribution in [3.8, 4) is 5.75 Å². The predicted molar refractivity (Wildman–Crippen MR) is 97.5 cm³/mol. The molecule has 0 spiro atoms. The summed E-state index contributed by atoms with van der Waals surface area (Å²) in [7, 11) is 1.59. The predicted octanol–water partition coefficient (Wildman–Crippen LogP) is 5.73. The molecule has 0 radical (unpaired) electrons. The van der Waals surface area contributed by atoms with E-state index in [1.807, 2.05) is 51.1 Å². The summed E-state index contributed by atoms with van der Waals surface area (Å²) >= 11 is 6.13. The van der Waals surface area contributed by atoms with Crippen LogP contribution in [-0.2, 0) is 0 Å². The number of Topliss-reactive ketones (excluding diaryl/α,β-unsaturated/α-hetero) is 1. The molecule has 0 heterocycles. The van der Waals surface area contributed by atoms with E-state index < -0.39 is 0 Å². The van der Waals surface area contributed by atoms with Gasteiger partial charge < -0.3 is 4.74 Å². The fraction of sp³-hybridized carbons (Fsp3) is 0.250. The summed E-state index contributed by atoms with van der Waals surface area (Å²) in [5.41, 5.74) is 4.92. The monoisotopic (exact) mass is 328 g/mol. The van der Waals surface area contributed by atoms with Crippen molar-refractivity contribution in [2.24, 2.45) is 0 Å². The molecule has 0 amide bonds. The summed E-state index contributed by atoms with van der Waals surface area (Å²) in [5.74, 6) is 0.699. The molecule has 0 aliphatic heterocycles. The third-order valence-corrected chi connectivity index (χ3v) is 4.26. The molecule has 23 heavy (non-hydrogen) atoms. The van der Waals surface area contributed by atoms with Gasteiger partial charge in [0.1, 0.15) is 5.75 Å². The minimum Gasteiger partial charge on any atom is -0.496 e. The number of ether oxygens (including phenoxy) is 1. The van der Waals surface area contributed by atoms with Crippen molar-refractivity contribution in [1.29, 1.82) is 0 Å². The van der Waals surface area contributed by atoms with E-state index in [0.29, 0.717) is 17.7 Å². The molecule has 2 rings (SSSR count). The van der Waals surface area contributed by atoms with Crippen LogP contribution in [0.5, 0.6) is 5.75 Å². The van der Waals surface area contributed by atoms with Crippen LogP contribution in [0.15, 0.2) is 30.3 Å². The van der Waals surface area contributed by atoms with E-state index in [2.05, 4.69) is 12.1 Å². The van der Waals surface area contributed by atoms with Crippen molar-refractivity contribution in [2.45, 2.75) is 27.2 Å². The molecule has 0 saturated carbocycles. The zero-order valence-electron chi connectivity index (χ0n) is 13.9. The fourth-order valence-electron chi connectivity index (χ4n) is 2.40. The average Bonchev–Trinajstić information content (AvgIpc) is 2.55. The highest BCUT2D eigenvalue weighted by atomic mass is 35.5. The molecule has 3 heteroatoms. The van der Waals surface area contributed by atoms with Gasteiger partial charge in [-0.15, -0.1) is 0 Å². The van der Waals surface area contributed by atoms with Gasteiger partial charge in [-0.3, -0.25) is 4.79 Å². The summed E-state index contributed by atoms with van der Waals surface area (Å²) in [6.45, 7) is 5.88. The Morgan fingerprint density at radius 2 is 1.87 bits per heavy atom. The quantitative estimate of drug-likeness (QED) is 0.517. The van der Waals surface area contributed by atoms with E-state index in [-0.39, 0.29) is 5.78 Å². The second-order valence-corrected chi connectivity index (χ2v) is 5.93. The van der Waals surface area contributed by atoms with Gasteiger partial charge in [0, 0.05) is 11.4 Å². The van der Waals surface area contributed by atoms with E-state index >= 15 is 0 Å². The van der Waals surface area contributed by atoms with Crippen molar-refractivity contribution >= 4 is 29.5 Å². The number of halogens is 1. The maximum Gasteiger partial charge on any atom is 0.166 e. The second kappa shape index (κ2) is 7.47. The molecule has 2 aromatic rings. The van der Waals surface area contributed by atoms with E-state index in [1.165, 1.54) is 0 Å². The maximum absolute atomic E-state index is 11.9. The molecule has 0 bridgehead atoms. The van der Waals surface area contributed by atoms with Crippen LogP contribution in [0.3, 0.4) is 0 Å². The first-order valence-corrected chi connectivity index (χ1v) is 8.00. The molecule has 0 fully saturated rings. The van der Waals surface area contributed by atoms with Crippen LogP contribution < -0.4 is 4.74 Å². The summed E-state index contributed by atoms with van der Waals surface area (Å²) in [5, 5.41) is 0.781. The lowest BCUT2D eigenvalue weighted by Gasteiger charge is -2.08. The van der Waals surface area contributed by atoms with Crippen molar-refractivity contribution in [3.05, 3.63) is 63.2 Å². The van der Waals surface area contributed by atoms with Crippen molar-refractivity contribution in [3.63, 3.8) is 0 Å². The van der Waals surface area contributed by atoms with Gasteiger partial charge in [-0.2, -0.15) is 0 Å². The Hall–Kier alpha value is -2.06. The van der Waals surface area contributed by atoms with Gasteiger partial charge in [0.25, 0.3) is 0 Å². The van der Waals surface area contributed by atoms with E-state index in [1.54, 1.807) is 7.11 Å². The summed E-state index contributed by atoms with van der Waals surface area (Å²) in [6.07, 6.45) is 4.53. The third kappa shape index (κ3) is 4.02. The second-order valence-electron chi connectivity index (χ2n) is 5.53. The van der Waals surface area contributed by atoms with Crippen LogP contribution in [0, 0.1) is 13.8 Å². The van der Waals surface area contributed by atoms with Gasteiger partial charge in [-0.1, -0.05) is 42.8 Å². The molecule has 0 aromatic heterocycles. The lowest BCUT2D eigenvalue weighted by molar-refractivity contribution is 0.0985. The number of methoxy groups -OCH3 is 1. The molecule has 0 unspecified atom stereocenters. The van der Waals surface area contributed by atoms with Crippen LogP contribution in [0.2, 0.25) is 5.02 Å². The van der Waals surface area contributed by atoms with Crippen molar-refractivity contribution in [1.82, 2.24) is 0 Å². The minimum atomic E-state index is 0.0848. The number of hydrogen-bond donors (Lipinski definition) is 0. The number of hydrogen-bond acceptors (Lipinski definition) is 2.